The predicted octanol–water partition coefficient (Wildman–Crippen LogP) is 4.09. The average molecular weight is 215 g/mol. The van der Waals surface area contributed by atoms with E-state index in [2.05, 4.69) is 16.8 Å². The highest BCUT2D eigenvalue weighted by molar-refractivity contribution is 7.07. The first-order chi connectivity index (χ1) is 6.36. The molecule has 0 aromatic carbocycles. The van der Waals surface area contributed by atoms with E-state index < -0.39 is 0 Å². The Hall–Kier alpha value is -0.0100. The largest absolute Gasteiger partial charge is 0.152 e. The second-order valence-electron chi connectivity index (χ2n) is 3.88. The first-order valence-electron chi connectivity index (χ1n) is 5.01. The zero-order chi connectivity index (χ0) is 9.10. The lowest BCUT2D eigenvalue weighted by atomic mass is 9.99. The van der Waals surface area contributed by atoms with Gasteiger partial charge in [-0.15, -0.1) is 11.6 Å². The minimum absolute atomic E-state index is 0.457. The molecule has 0 bridgehead atoms. The SMILES string of the molecule is ClC1CCCC1CCc1ccsc1. The number of hydrogen-bond acceptors (Lipinski definition) is 1. The number of halogens is 1. The van der Waals surface area contributed by atoms with Crippen molar-refractivity contribution < 1.29 is 0 Å². The van der Waals surface area contributed by atoms with Crippen LogP contribution in [0.2, 0.25) is 0 Å². The van der Waals surface area contributed by atoms with E-state index in [0.717, 1.165) is 5.92 Å². The van der Waals surface area contributed by atoms with E-state index >= 15 is 0 Å². The van der Waals surface area contributed by atoms with E-state index in [4.69, 9.17) is 11.6 Å². The average Bonchev–Trinajstić information content (AvgIpc) is 2.72. The molecule has 2 atom stereocenters. The zero-order valence-electron chi connectivity index (χ0n) is 7.71. The highest BCUT2D eigenvalue weighted by atomic mass is 35.5. The molecule has 1 heterocycles. The monoisotopic (exact) mass is 214 g/mol. The van der Waals surface area contributed by atoms with E-state index in [1.54, 1.807) is 11.3 Å². The van der Waals surface area contributed by atoms with Crippen LogP contribution >= 0.6 is 22.9 Å². The summed E-state index contributed by atoms with van der Waals surface area (Å²) in [5, 5.41) is 4.86. The molecule has 0 spiro atoms. The van der Waals surface area contributed by atoms with Gasteiger partial charge in [0.25, 0.3) is 0 Å². The molecule has 0 radical (unpaired) electrons. The number of aryl methyl sites for hydroxylation is 1. The van der Waals surface area contributed by atoms with Crippen LogP contribution in [0.5, 0.6) is 0 Å². The number of alkyl halides is 1. The summed E-state index contributed by atoms with van der Waals surface area (Å²) in [5.74, 6) is 0.779. The van der Waals surface area contributed by atoms with Crippen molar-refractivity contribution in [1.82, 2.24) is 0 Å². The Morgan fingerprint density at radius 1 is 1.46 bits per heavy atom. The third-order valence-corrected chi connectivity index (χ3v) is 4.26. The number of rotatable bonds is 3. The summed E-state index contributed by atoms with van der Waals surface area (Å²) in [7, 11) is 0. The fraction of sp³-hybridized carbons (Fsp3) is 0.636. The molecule has 0 aliphatic heterocycles. The molecular weight excluding hydrogens is 200 g/mol. The van der Waals surface area contributed by atoms with Gasteiger partial charge in [0, 0.05) is 5.38 Å². The fourth-order valence-electron chi connectivity index (χ4n) is 2.10. The van der Waals surface area contributed by atoms with E-state index in [1.807, 2.05) is 0 Å². The summed E-state index contributed by atoms with van der Waals surface area (Å²) >= 11 is 8.01. The summed E-state index contributed by atoms with van der Waals surface area (Å²) < 4.78 is 0. The first kappa shape index (κ1) is 9.54. The van der Waals surface area contributed by atoms with Gasteiger partial charge in [0.1, 0.15) is 0 Å². The Morgan fingerprint density at radius 2 is 2.38 bits per heavy atom. The van der Waals surface area contributed by atoms with Crippen molar-refractivity contribution in [3.63, 3.8) is 0 Å². The summed E-state index contributed by atoms with van der Waals surface area (Å²) in [5.41, 5.74) is 1.49. The Balaban J connectivity index is 1.79. The van der Waals surface area contributed by atoms with Crippen LogP contribution in [-0.4, -0.2) is 5.38 Å². The number of thiophene rings is 1. The van der Waals surface area contributed by atoms with Crippen LogP contribution in [-0.2, 0) is 6.42 Å². The molecular formula is C11H15ClS. The van der Waals surface area contributed by atoms with Gasteiger partial charge in [0.15, 0.2) is 0 Å². The third kappa shape index (κ3) is 2.47. The molecule has 1 aromatic rings. The maximum atomic E-state index is 6.22. The van der Waals surface area contributed by atoms with Crippen molar-refractivity contribution in [2.24, 2.45) is 5.92 Å². The van der Waals surface area contributed by atoms with Gasteiger partial charge in [-0.05, 0) is 54.0 Å². The highest BCUT2D eigenvalue weighted by Crippen LogP contribution is 2.33. The number of hydrogen-bond donors (Lipinski definition) is 0. The van der Waals surface area contributed by atoms with Gasteiger partial charge in [-0.25, -0.2) is 0 Å². The Kier molecular flexibility index (Phi) is 3.28. The van der Waals surface area contributed by atoms with Crippen molar-refractivity contribution in [2.75, 3.05) is 0 Å². The molecule has 13 heavy (non-hydrogen) atoms. The van der Waals surface area contributed by atoms with Crippen LogP contribution in [0.25, 0.3) is 0 Å². The lowest BCUT2D eigenvalue weighted by molar-refractivity contribution is 0.510. The van der Waals surface area contributed by atoms with Gasteiger partial charge in [-0.1, -0.05) is 6.42 Å². The van der Waals surface area contributed by atoms with Gasteiger partial charge < -0.3 is 0 Å². The fourth-order valence-corrected chi connectivity index (χ4v) is 3.21. The topological polar surface area (TPSA) is 0 Å². The molecule has 2 heteroatoms. The molecule has 1 aromatic heterocycles. The maximum Gasteiger partial charge on any atom is 0.0364 e. The quantitative estimate of drug-likeness (QED) is 0.665. The van der Waals surface area contributed by atoms with Crippen molar-refractivity contribution in [3.8, 4) is 0 Å². The molecule has 1 saturated carbocycles. The second-order valence-corrected chi connectivity index (χ2v) is 5.22. The Labute approximate surface area is 88.9 Å². The van der Waals surface area contributed by atoms with Crippen LogP contribution in [0, 0.1) is 5.92 Å². The molecule has 0 amide bonds. The van der Waals surface area contributed by atoms with Gasteiger partial charge in [0.05, 0.1) is 0 Å². The minimum Gasteiger partial charge on any atom is -0.152 e. The molecule has 1 fully saturated rings. The van der Waals surface area contributed by atoms with Crippen LogP contribution in [0.4, 0.5) is 0 Å². The van der Waals surface area contributed by atoms with E-state index in [9.17, 15) is 0 Å². The molecule has 72 valence electrons. The predicted molar refractivity (Wildman–Crippen MR) is 59.6 cm³/mol. The molecule has 1 aliphatic carbocycles. The van der Waals surface area contributed by atoms with Crippen molar-refractivity contribution in [3.05, 3.63) is 22.4 Å². The zero-order valence-corrected chi connectivity index (χ0v) is 9.28. The van der Waals surface area contributed by atoms with E-state index in [1.165, 1.54) is 37.7 Å². The molecule has 2 rings (SSSR count). The minimum atomic E-state index is 0.457. The molecule has 1 aliphatic rings. The van der Waals surface area contributed by atoms with Crippen LogP contribution in [0.1, 0.15) is 31.2 Å². The van der Waals surface area contributed by atoms with Crippen LogP contribution in [0.15, 0.2) is 16.8 Å². The van der Waals surface area contributed by atoms with E-state index in [-0.39, 0.29) is 0 Å². The molecule has 0 nitrogen and oxygen atoms in total. The van der Waals surface area contributed by atoms with Crippen molar-refractivity contribution >= 4 is 22.9 Å². The summed E-state index contributed by atoms with van der Waals surface area (Å²) in [6.45, 7) is 0. The summed E-state index contributed by atoms with van der Waals surface area (Å²) in [6, 6.07) is 2.23. The lowest BCUT2D eigenvalue weighted by Crippen LogP contribution is -2.07. The Bertz CT molecular complexity index is 243. The molecule has 2 unspecified atom stereocenters. The van der Waals surface area contributed by atoms with Gasteiger partial charge >= 0.3 is 0 Å². The summed E-state index contributed by atoms with van der Waals surface area (Å²) in [4.78, 5) is 0. The maximum absolute atomic E-state index is 6.22. The Morgan fingerprint density at radius 3 is 3.00 bits per heavy atom. The van der Waals surface area contributed by atoms with Gasteiger partial charge in [0.2, 0.25) is 0 Å². The van der Waals surface area contributed by atoms with Gasteiger partial charge in [-0.2, -0.15) is 11.3 Å². The standard InChI is InChI=1S/C11H15ClS/c12-11-3-1-2-10(11)5-4-9-6-7-13-8-9/h6-8,10-11H,1-5H2. The van der Waals surface area contributed by atoms with E-state index in [0.29, 0.717) is 5.38 Å². The van der Waals surface area contributed by atoms with Crippen molar-refractivity contribution in [1.29, 1.82) is 0 Å². The molecule has 0 N–H and O–H groups in total. The van der Waals surface area contributed by atoms with Crippen LogP contribution < -0.4 is 0 Å². The smallest absolute Gasteiger partial charge is 0.0364 e. The highest BCUT2D eigenvalue weighted by Gasteiger charge is 2.24. The first-order valence-corrected chi connectivity index (χ1v) is 6.39. The molecule has 0 saturated heterocycles. The normalized spacial score (nSPS) is 28.1. The van der Waals surface area contributed by atoms with Crippen molar-refractivity contribution in [2.45, 2.75) is 37.5 Å². The van der Waals surface area contributed by atoms with Crippen LogP contribution in [0.3, 0.4) is 0 Å². The third-order valence-electron chi connectivity index (χ3n) is 2.95. The second kappa shape index (κ2) is 4.47. The summed E-state index contributed by atoms with van der Waals surface area (Å²) in [6.07, 6.45) is 6.42. The lowest BCUT2D eigenvalue weighted by Gasteiger charge is -2.12. The van der Waals surface area contributed by atoms with Gasteiger partial charge in [-0.3, -0.25) is 0 Å².